The van der Waals surface area contributed by atoms with Gasteiger partial charge >= 0.3 is 0 Å². The second kappa shape index (κ2) is 65.7. The van der Waals surface area contributed by atoms with Crippen LogP contribution in [0.3, 0.4) is 0 Å². The predicted molar refractivity (Wildman–Crippen MR) is 563 cm³/mol. The highest BCUT2D eigenvalue weighted by molar-refractivity contribution is 5.98. The normalized spacial score (nSPS) is 11.9. The molecule has 0 unspecified atom stereocenters. The van der Waals surface area contributed by atoms with E-state index in [4.69, 9.17) is 45.9 Å². The van der Waals surface area contributed by atoms with Gasteiger partial charge in [0.05, 0.1) is 0 Å². The fourth-order valence-corrected chi connectivity index (χ4v) is 17.4. The van der Waals surface area contributed by atoms with Crippen molar-refractivity contribution in [3.05, 3.63) is 234 Å². The SMILES string of the molecule is NCCCNCCCCN(CCCN)C(=O)CCCCNC(=O)c1ccc(C2=c3ccc([nH]3)=C(c3ccc(C(=O)NCCCCC(=O)N(CCCN)CCCCNCCCN)cc3)c3ccc([nH]3)C(c3ccc(C(=O)NCCCCC(=O)N(CCCN)CCCCNCCCN)cc3)=c3ccc([nH]3)=C(c3ccc(C(=O)NCCCCC(=O)N(CCCN)CCCCNCCCN)cc3)c3ccc2[nH]3)cc1. The molecule has 8 bridgehead atoms. The highest BCUT2D eigenvalue weighted by atomic mass is 16.2. The molecule has 0 radical (unpaired) electrons. The van der Waals surface area contributed by atoms with Crippen LogP contribution in [0.5, 0.6) is 0 Å². The molecule has 32 nitrogen and oxygen atoms in total. The van der Waals surface area contributed by atoms with Crippen LogP contribution in [0.1, 0.15) is 266 Å². The van der Waals surface area contributed by atoms with Crippen LogP contribution in [0.2, 0.25) is 0 Å². The summed E-state index contributed by atoms with van der Waals surface area (Å²) in [5, 5.41) is 29.0. The quantitative estimate of drug-likeness (QED) is 0.0210. The fraction of sp³-hybridized carbons (Fsp3) is 0.519. The first-order chi connectivity index (χ1) is 68.5. The molecule has 0 spiro atoms. The minimum Gasteiger partial charge on any atom is -0.354 e. The van der Waals surface area contributed by atoms with E-state index < -0.39 is 0 Å². The van der Waals surface area contributed by atoms with Crippen molar-refractivity contribution in [2.75, 3.05) is 183 Å². The number of nitrogens with one attached hydrogen (secondary N) is 12. The molecular weight excluding hydrogens is 1760 g/mol. The molecule has 140 heavy (non-hydrogen) atoms. The number of aromatic amines is 4. The number of carbonyl (C=O) groups is 8. The molecule has 1 aliphatic heterocycles. The van der Waals surface area contributed by atoms with E-state index in [-0.39, 0.29) is 47.3 Å². The lowest BCUT2D eigenvalue weighted by Crippen LogP contribution is -2.34. The number of nitrogens with zero attached hydrogens (tertiary/aromatic N) is 4. The van der Waals surface area contributed by atoms with Crippen LogP contribution in [0, 0.1) is 0 Å². The van der Waals surface area contributed by atoms with Crippen LogP contribution in [0.4, 0.5) is 0 Å². The third-order valence-corrected chi connectivity index (χ3v) is 25.4. The van der Waals surface area contributed by atoms with Crippen LogP contribution >= 0.6 is 0 Å². The molecule has 764 valence electrons. The van der Waals surface area contributed by atoms with Gasteiger partial charge in [-0.15, -0.1) is 0 Å². The van der Waals surface area contributed by atoms with Crippen molar-refractivity contribution >= 4 is 69.5 Å². The fourth-order valence-electron chi connectivity index (χ4n) is 17.4. The molecule has 9 rings (SSSR count). The van der Waals surface area contributed by atoms with E-state index in [1.165, 1.54) is 0 Å². The summed E-state index contributed by atoms with van der Waals surface area (Å²) in [4.78, 5) is 134. The van der Waals surface area contributed by atoms with Crippen molar-refractivity contribution in [2.24, 2.45) is 45.9 Å². The van der Waals surface area contributed by atoms with Crippen LogP contribution in [0.25, 0.3) is 22.3 Å². The van der Waals surface area contributed by atoms with Crippen LogP contribution in [-0.4, -0.2) is 270 Å². The number of benzene rings is 4. The summed E-state index contributed by atoms with van der Waals surface area (Å²) in [6, 6.07) is 46.5. The topological polar surface area (TPSA) is 517 Å². The average molecular weight is 1930 g/mol. The number of carbonyl (C=O) groups excluding carboxylic acids is 8. The smallest absolute Gasteiger partial charge is 0.251 e. The summed E-state index contributed by atoms with van der Waals surface area (Å²) in [7, 11) is 0. The third-order valence-electron chi connectivity index (χ3n) is 25.4. The number of H-pyrrole nitrogens is 4. The van der Waals surface area contributed by atoms with Crippen molar-refractivity contribution in [3.63, 3.8) is 0 Å². The lowest BCUT2D eigenvalue weighted by Gasteiger charge is -2.22. The van der Waals surface area contributed by atoms with E-state index in [2.05, 4.69) is 62.5 Å². The maximum Gasteiger partial charge on any atom is 0.251 e. The minimum atomic E-state index is -0.244. The highest BCUT2D eigenvalue weighted by Gasteiger charge is 2.24. The maximum atomic E-state index is 14.1. The Kier molecular flexibility index (Phi) is 52.7. The van der Waals surface area contributed by atoms with Crippen molar-refractivity contribution in [1.82, 2.24) is 82.1 Å². The average Bonchev–Trinajstić information content (AvgIpc) is 1.61. The summed E-state index contributed by atoms with van der Waals surface area (Å²) >= 11 is 0. The summed E-state index contributed by atoms with van der Waals surface area (Å²) in [6.45, 7) is 18.3. The van der Waals surface area contributed by atoms with Gasteiger partial charge < -0.3 is 128 Å². The van der Waals surface area contributed by atoms with E-state index >= 15 is 0 Å². The van der Waals surface area contributed by atoms with Gasteiger partial charge in [-0.05, 0) is 378 Å². The van der Waals surface area contributed by atoms with Gasteiger partial charge in [0.1, 0.15) is 0 Å². The molecular formula is C108H164N24O8. The van der Waals surface area contributed by atoms with Crippen molar-refractivity contribution in [2.45, 2.75) is 180 Å². The number of nitrogens with two attached hydrogens (primary N) is 8. The maximum absolute atomic E-state index is 14.1. The molecule has 1 aliphatic rings. The molecule has 0 aliphatic carbocycles. The monoisotopic (exact) mass is 1930 g/mol. The second-order valence-electron chi connectivity index (χ2n) is 36.3. The van der Waals surface area contributed by atoms with Crippen molar-refractivity contribution in [3.8, 4) is 0 Å². The van der Waals surface area contributed by atoms with Gasteiger partial charge in [-0.2, -0.15) is 0 Å². The molecule has 0 saturated carbocycles. The molecule has 28 N–H and O–H groups in total. The number of aromatic nitrogens is 4. The first-order valence-corrected chi connectivity index (χ1v) is 51.9. The van der Waals surface area contributed by atoms with E-state index in [9.17, 15) is 38.4 Å². The van der Waals surface area contributed by atoms with E-state index in [0.29, 0.717) is 230 Å². The van der Waals surface area contributed by atoms with Gasteiger partial charge in [0.25, 0.3) is 23.6 Å². The van der Waals surface area contributed by atoms with E-state index in [1.54, 1.807) is 0 Å². The molecule has 5 heterocycles. The Morgan fingerprint density at radius 1 is 0.200 bits per heavy atom. The molecule has 4 aromatic heterocycles. The summed E-state index contributed by atoms with van der Waals surface area (Å²) in [5.74, 6) is -0.606. The van der Waals surface area contributed by atoms with Gasteiger partial charge in [-0.25, -0.2) is 0 Å². The number of hydrogen-bond donors (Lipinski definition) is 20. The highest BCUT2D eigenvalue weighted by Crippen LogP contribution is 2.30. The van der Waals surface area contributed by atoms with E-state index in [0.717, 1.165) is 244 Å². The predicted octanol–water partition coefficient (Wildman–Crippen LogP) is 5.49. The Labute approximate surface area is 828 Å². The lowest BCUT2D eigenvalue weighted by atomic mass is 10.0. The molecule has 4 aromatic carbocycles. The summed E-state index contributed by atoms with van der Waals surface area (Å²) < 4.78 is 0. The van der Waals surface area contributed by atoms with E-state index in [1.807, 2.05) is 165 Å². The van der Waals surface area contributed by atoms with Crippen molar-refractivity contribution in [1.29, 1.82) is 0 Å². The molecule has 8 aromatic rings. The van der Waals surface area contributed by atoms with Gasteiger partial charge in [0.15, 0.2) is 0 Å². The Morgan fingerprint density at radius 2 is 0.386 bits per heavy atom. The largest absolute Gasteiger partial charge is 0.354 e. The Hall–Kier alpha value is -11.2. The zero-order valence-electron chi connectivity index (χ0n) is 83.1. The van der Waals surface area contributed by atoms with Crippen LogP contribution in [-0.2, 0) is 19.2 Å². The molecule has 0 atom stereocenters. The zero-order chi connectivity index (χ0) is 99.5. The number of fused-ring (bicyclic) bond motifs is 8. The number of rotatable bonds is 72. The second-order valence-corrected chi connectivity index (χ2v) is 36.3. The third kappa shape index (κ3) is 38.3. The molecule has 0 saturated heterocycles. The molecule has 32 heteroatoms. The summed E-state index contributed by atoms with van der Waals surface area (Å²) in [5.41, 5.74) is 57.3. The Bertz CT molecular complexity index is 4620. The first kappa shape index (κ1) is 112. The lowest BCUT2D eigenvalue weighted by molar-refractivity contribution is -0.132. The number of hydrogen-bond acceptors (Lipinski definition) is 20. The number of amides is 8. The minimum absolute atomic E-state index is 0.0925. The van der Waals surface area contributed by atoms with Gasteiger partial charge in [0, 0.05) is 193 Å². The molecule has 0 fully saturated rings. The van der Waals surface area contributed by atoms with Crippen LogP contribution in [0.15, 0.2) is 146 Å². The van der Waals surface area contributed by atoms with Gasteiger partial charge in [-0.3, -0.25) is 38.4 Å². The summed E-state index contributed by atoms with van der Waals surface area (Å²) in [6.07, 6.45) is 20.4. The van der Waals surface area contributed by atoms with Gasteiger partial charge in [0.2, 0.25) is 23.6 Å². The first-order valence-electron chi connectivity index (χ1n) is 51.9. The van der Waals surface area contributed by atoms with Crippen LogP contribution < -0.4 is 110 Å². The zero-order valence-corrected chi connectivity index (χ0v) is 83.1. The van der Waals surface area contributed by atoms with Gasteiger partial charge in [-0.1, -0.05) is 48.5 Å². The number of unbranched alkanes of at least 4 members (excludes halogenated alkanes) is 8. The Morgan fingerprint density at radius 3 is 0.586 bits per heavy atom. The molecule has 8 amide bonds. The standard InChI is InChI=1S/C108H164N24O8/c109-53-17-65-117-61-9-13-73-129(77-21-57-113)97(133)25-1-5-69-121-105(137)85-37-29-81(30-38-85)101-89-45-47-91(125-89)102(82-31-39-86(40-32-82)106(138)122-70-6-2-26-98(134)130(78-22-58-114)74-14-10-62-118-66-18-54-110)93-49-51-95(127-93)104(84-35-43-88(44-36-84)108(140)124-72-8-4-28-100(136)132(80-24-60-116)76-16-12-64-120-68-20-56-112)96-52-50-94(128-96)103(92-48-46-90(101)126-92)83-33-41-87(42-34-83)107(139)123-71-7-3-27-99(135)131(79-23-59-115)75-15-11-63-119-67-19-55-111/h29-52,117-120,125-128H,1-28,53-80,109-116H2,(H,121,137)(H,122,138)(H,123,139)(H,124,140). The Balaban J connectivity index is 1.04. The van der Waals surface area contributed by atoms with Crippen molar-refractivity contribution < 1.29 is 38.4 Å².